The molecule has 0 bridgehead atoms. The minimum Gasteiger partial charge on any atom is -0.251 e. The quantitative estimate of drug-likeness (QED) is 0.202. The van der Waals surface area contributed by atoms with Crippen LogP contribution in [-0.2, 0) is 16.2 Å². The molecule has 0 radical (unpaired) electrons. The molecule has 0 amide bonds. The summed E-state index contributed by atoms with van der Waals surface area (Å²) in [6.07, 6.45) is -3.42. The number of aliphatic imine (C=N–C) groups is 1. The lowest BCUT2D eigenvalue weighted by molar-refractivity contribution is -0.137. The minimum absolute atomic E-state index is 0.0872. The van der Waals surface area contributed by atoms with Crippen LogP contribution in [0.2, 0.25) is 5.02 Å². The zero-order valence-electron chi connectivity index (χ0n) is 21.1. The predicted octanol–water partition coefficient (Wildman–Crippen LogP) is 6.19. The fourth-order valence-electron chi connectivity index (χ4n) is 4.19. The molecule has 7 nitrogen and oxygen atoms in total. The van der Waals surface area contributed by atoms with Crippen molar-refractivity contribution in [3.63, 3.8) is 0 Å². The van der Waals surface area contributed by atoms with Gasteiger partial charge in [0, 0.05) is 30.5 Å². The van der Waals surface area contributed by atoms with Crippen molar-refractivity contribution < 1.29 is 21.6 Å². The molecule has 1 aliphatic heterocycles. The molecule has 208 valence electrons. The van der Waals surface area contributed by atoms with E-state index in [-0.39, 0.29) is 29.7 Å². The van der Waals surface area contributed by atoms with Crippen molar-refractivity contribution in [2.24, 2.45) is 10.1 Å². The van der Waals surface area contributed by atoms with Crippen molar-refractivity contribution in [3.8, 4) is 6.07 Å². The number of guanidine groups is 1. The van der Waals surface area contributed by atoms with Crippen molar-refractivity contribution in [2.75, 3.05) is 13.1 Å². The molecule has 3 aromatic rings. The fourth-order valence-corrected chi connectivity index (χ4v) is 5.34. The third kappa shape index (κ3) is 7.20. The number of halogens is 4. The van der Waals surface area contributed by atoms with E-state index in [1.165, 1.54) is 5.01 Å². The van der Waals surface area contributed by atoms with Gasteiger partial charge in [-0.25, -0.2) is 18.1 Å². The highest BCUT2D eigenvalue weighted by atomic mass is 35.5. The second kappa shape index (κ2) is 12.5. The average Bonchev–Trinajstić information content (AvgIpc) is 2.95. The first-order valence-electron chi connectivity index (χ1n) is 12.4. The summed E-state index contributed by atoms with van der Waals surface area (Å²) in [6.45, 7) is 0.450. The first-order valence-corrected chi connectivity index (χ1v) is 14.2. The van der Waals surface area contributed by atoms with Gasteiger partial charge in [0.1, 0.15) is 0 Å². The van der Waals surface area contributed by atoms with E-state index in [1.54, 1.807) is 12.1 Å². The topological polar surface area (TPSA) is 97.9 Å². The molecule has 4 rings (SSSR count). The molecule has 12 heteroatoms. The SMILES string of the molecule is N#CCCCN=C(NS(=O)(=O)c1ccc(C(F)(F)F)cc1)N1CCC(c2ccccc2)C(c2ccc(Cl)cc2)=N1. The summed E-state index contributed by atoms with van der Waals surface area (Å²) in [4.78, 5) is 4.03. The Morgan fingerprint density at radius 1 is 1.07 bits per heavy atom. The highest BCUT2D eigenvalue weighted by Gasteiger charge is 2.32. The highest BCUT2D eigenvalue weighted by molar-refractivity contribution is 7.90. The third-order valence-corrected chi connectivity index (χ3v) is 7.80. The molecular weight excluding hydrogens is 563 g/mol. The van der Waals surface area contributed by atoms with Crippen LogP contribution in [0.3, 0.4) is 0 Å². The summed E-state index contributed by atoms with van der Waals surface area (Å²) in [6, 6.07) is 22.1. The zero-order chi connectivity index (χ0) is 28.8. The number of sulfonamides is 1. The van der Waals surface area contributed by atoms with Crippen LogP contribution in [0.5, 0.6) is 0 Å². The number of nitrogens with one attached hydrogen (secondary N) is 1. The molecular formula is C28H25ClF3N5O2S. The van der Waals surface area contributed by atoms with E-state index in [9.17, 15) is 21.6 Å². The monoisotopic (exact) mass is 587 g/mol. The summed E-state index contributed by atoms with van der Waals surface area (Å²) >= 11 is 6.10. The maximum atomic E-state index is 13.2. The lowest BCUT2D eigenvalue weighted by Gasteiger charge is -2.32. The van der Waals surface area contributed by atoms with Gasteiger partial charge in [0.05, 0.1) is 22.2 Å². The van der Waals surface area contributed by atoms with Gasteiger partial charge in [-0.2, -0.15) is 23.5 Å². The maximum absolute atomic E-state index is 13.2. The molecule has 1 unspecified atom stereocenters. The van der Waals surface area contributed by atoms with Crippen LogP contribution in [0.4, 0.5) is 13.2 Å². The van der Waals surface area contributed by atoms with Crippen LogP contribution in [0, 0.1) is 11.3 Å². The van der Waals surface area contributed by atoms with Gasteiger partial charge in [-0.05, 0) is 60.4 Å². The number of hydrogen-bond donors (Lipinski definition) is 1. The van der Waals surface area contributed by atoms with Crippen LogP contribution in [0.15, 0.2) is 93.9 Å². The first kappa shape index (κ1) is 29.1. The molecule has 1 aliphatic rings. The molecule has 1 N–H and O–H groups in total. The van der Waals surface area contributed by atoms with E-state index in [4.69, 9.17) is 22.0 Å². The van der Waals surface area contributed by atoms with Gasteiger partial charge in [0.15, 0.2) is 0 Å². The summed E-state index contributed by atoms with van der Waals surface area (Å²) in [7, 11) is -4.31. The third-order valence-electron chi connectivity index (χ3n) is 6.20. The molecule has 40 heavy (non-hydrogen) atoms. The molecule has 1 heterocycles. The van der Waals surface area contributed by atoms with Gasteiger partial charge >= 0.3 is 6.18 Å². The van der Waals surface area contributed by atoms with Crippen molar-refractivity contribution in [3.05, 3.63) is 101 Å². The lowest BCUT2D eigenvalue weighted by Crippen LogP contribution is -2.45. The molecule has 0 fully saturated rings. The number of nitrogens with zero attached hydrogens (tertiary/aromatic N) is 4. The van der Waals surface area contributed by atoms with Crippen LogP contribution >= 0.6 is 11.6 Å². The second-order valence-corrected chi connectivity index (χ2v) is 11.1. The van der Waals surface area contributed by atoms with E-state index in [0.29, 0.717) is 42.3 Å². The summed E-state index contributed by atoms with van der Waals surface area (Å²) in [5.41, 5.74) is 1.54. The number of benzene rings is 3. The van der Waals surface area contributed by atoms with Crippen molar-refractivity contribution >= 4 is 33.3 Å². The summed E-state index contributed by atoms with van der Waals surface area (Å²) in [5.74, 6) is -0.180. The number of rotatable bonds is 7. The predicted molar refractivity (Wildman–Crippen MR) is 147 cm³/mol. The zero-order valence-corrected chi connectivity index (χ0v) is 22.7. The van der Waals surface area contributed by atoms with Gasteiger partial charge in [0.25, 0.3) is 10.0 Å². The van der Waals surface area contributed by atoms with Crippen molar-refractivity contribution in [2.45, 2.75) is 36.3 Å². The van der Waals surface area contributed by atoms with E-state index in [1.807, 2.05) is 48.5 Å². The molecule has 0 saturated heterocycles. The smallest absolute Gasteiger partial charge is 0.251 e. The Hall–Kier alpha value is -3.88. The van der Waals surface area contributed by atoms with Crippen LogP contribution in [-0.4, -0.2) is 38.2 Å². The standard InChI is InChI=1S/C28H25ClF3N5O2S/c29-23-12-8-21(9-13-23)26-25(20-6-2-1-3-7-20)16-19-37(35-26)27(34-18-5-4-17-33)36-40(38,39)24-14-10-22(11-15-24)28(30,31)32/h1-3,6-15,25H,4-5,16,18-19H2,(H,34,36). The molecule has 0 saturated carbocycles. The van der Waals surface area contributed by atoms with Crippen molar-refractivity contribution in [1.29, 1.82) is 5.26 Å². The Balaban J connectivity index is 1.71. The lowest BCUT2D eigenvalue weighted by atomic mass is 9.86. The fraction of sp³-hybridized carbons (Fsp3) is 0.250. The van der Waals surface area contributed by atoms with E-state index in [0.717, 1.165) is 23.3 Å². The van der Waals surface area contributed by atoms with Gasteiger partial charge in [-0.3, -0.25) is 4.99 Å². The minimum atomic E-state index is -4.60. The van der Waals surface area contributed by atoms with Crippen LogP contribution in [0.25, 0.3) is 0 Å². The van der Waals surface area contributed by atoms with Gasteiger partial charge in [0.2, 0.25) is 5.96 Å². The van der Waals surface area contributed by atoms with Gasteiger partial charge in [-0.1, -0.05) is 54.1 Å². The Morgan fingerprint density at radius 3 is 2.38 bits per heavy atom. The molecule has 1 atom stereocenters. The van der Waals surface area contributed by atoms with Crippen LogP contribution < -0.4 is 4.72 Å². The van der Waals surface area contributed by atoms with Crippen molar-refractivity contribution in [1.82, 2.24) is 9.73 Å². The Labute approximate surface area is 235 Å². The normalized spacial score (nSPS) is 16.3. The number of hydrogen-bond acceptors (Lipinski definition) is 5. The number of alkyl halides is 3. The molecule has 0 aliphatic carbocycles. The summed E-state index contributed by atoms with van der Waals surface area (Å²) < 4.78 is 67.8. The maximum Gasteiger partial charge on any atom is 0.416 e. The van der Waals surface area contributed by atoms with Gasteiger partial charge in [-0.15, -0.1) is 0 Å². The van der Waals surface area contributed by atoms with E-state index in [2.05, 4.69) is 9.71 Å². The second-order valence-electron chi connectivity index (χ2n) is 8.96. The average molecular weight is 588 g/mol. The number of unbranched alkanes of at least 4 members (excludes halogenated alkanes) is 1. The van der Waals surface area contributed by atoms with Gasteiger partial charge < -0.3 is 0 Å². The number of hydrazone groups is 1. The molecule has 0 aromatic heterocycles. The Bertz CT molecular complexity index is 1520. The van der Waals surface area contributed by atoms with Crippen LogP contribution in [0.1, 0.15) is 41.9 Å². The summed E-state index contributed by atoms with van der Waals surface area (Å²) in [5, 5.41) is 15.7. The molecule has 0 spiro atoms. The van der Waals surface area contributed by atoms with E-state index >= 15 is 0 Å². The Morgan fingerprint density at radius 2 is 1.75 bits per heavy atom. The Kier molecular flexibility index (Phi) is 9.12. The first-order chi connectivity index (χ1) is 19.1. The largest absolute Gasteiger partial charge is 0.416 e. The van der Waals surface area contributed by atoms with E-state index < -0.39 is 21.8 Å². The molecule has 3 aromatic carbocycles. The number of nitriles is 1. The highest BCUT2D eigenvalue weighted by Crippen LogP contribution is 2.31.